The molecule has 4 saturated carbocycles. The van der Waals surface area contributed by atoms with Gasteiger partial charge >= 0.3 is 29.6 Å². The fourth-order valence-corrected chi connectivity index (χ4v) is 9.40. The van der Waals surface area contributed by atoms with E-state index in [0.717, 1.165) is 38.5 Å². The molecule has 4 fully saturated rings. The number of nitrogens with zero attached hydrogens (tertiary/aromatic N) is 1. The summed E-state index contributed by atoms with van der Waals surface area (Å²) in [6.07, 6.45) is 8.79. The van der Waals surface area contributed by atoms with Crippen LogP contribution in [-0.2, 0) is 10.1 Å². The molecule has 4 rings (SSSR count). The second-order valence-electron chi connectivity index (χ2n) is 12.5. The van der Waals surface area contributed by atoms with E-state index >= 15 is 0 Å². The molecule has 0 aromatic heterocycles. The molecule has 0 bridgehead atoms. The number of aliphatic hydroxyl groups excluding tert-OH is 2. The van der Waals surface area contributed by atoms with Crippen molar-refractivity contribution in [3.05, 3.63) is 0 Å². The number of aliphatic imine (C=N–C) groups is 1. The van der Waals surface area contributed by atoms with E-state index in [2.05, 4.69) is 25.8 Å². The molecule has 0 saturated heterocycles. The minimum Gasteiger partial charge on any atom is -0.862 e. The zero-order chi connectivity index (χ0) is 24.9. The van der Waals surface area contributed by atoms with Crippen LogP contribution in [-0.4, -0.2) is 53.6 Å². The molecule has 4 unspecified atom stereocenters. The van der Waals surface area contributed by atoms with Crippen molar-refractivity contribution in [1.29, 1.82) is 0 Å². The topological polar surface area (TPSA) is 130 Å². The van der Waals surface area contributed by atoms with Gasteiger partial charge in [0.05, 0.1) is 24.5 Å². The van der Waals surface area contributed by atoms with Crippen LogP contribution in [0, 0.1) is 46.3 Å². The van der Waals surface area contributed by atoms with E-state index < -0.39 is 15.9 Å². The third-order valence-electron chi connectivity index (χ3n) is 11.0. The summed E-state index contributed by atoms with van der Waals surface area (Å²) in [6, 6.07) is 0. The van der Waals surface area contributed by atoms with Gasteiger partial charge in [0, 0.05) is 0 Å². The third kappa shape index (κ3) is 5.84. The molecule has 4 aliphatic carbocycles. The van der Waals surface area contributed by atoms with Gasteiger partial charge in [0.15, 0.2) is 0 Å². The maximum absolute atomic E-state index is 12.1. The Morgan fingerprint density at radius 1 is 1.09 bits per heavy atom. The van der Waals surface area contributed by atoms with Gasteiger partial charge in [0.1, 0.15) is 0 Å². The zero-order valence-corrected chi connectivity index (χ0v) is 24.8. The largest absolute Gasteiger partial charge is 1.00 e. The van der Waals surface area contributed by atoms with Crippen molar-refractivity contribution in [3.63, 3.8) is 0 Å². The summed E-state index contributed by atoms with van der Waals surface area (Å²) < 4.78 is 30.4. The molecule has 0 radical (unpaired) electrons. The molecule has 4 aliphatic rings. The molecular formula is C26H44NNaO6S. The molecule has 35 heavy (non-hydrogen) atoms. The first-order chi connectivity index (χ1) is 15.9. The zero-order valence-electron chi connectivity index (χ0n) is 22.0. The van der Waals surface area contributed by atoms with Gasteiger partial charge in [0.2, 0.25) is 0 Å². The summed E-state index contributed by atoms with van der Waals surface area (Å²) >= 11 is 0. The van der Waals surface area contributed by atoms with E-state index in [1.165, 1.54) is 12.8 Å². The van der Waals surface area contributed by atoms with E-state index in [-0.39, 0.29) is 77.4 Å². The molecule has 3 N–H and O–H groups in total. The predicted molar refractivity (Wildman–Crippen MR) is 130 cm³/mol. The minimum absolute atomic E-state index is 0. The van der Waals surface area contributed by atoms with Crippen molar-refractivity contribution in [1.82, 2.24) is 0 Å². The smallest absolute Gasteiger partial charge is 0.862 e. The normalized spacial score (nSPS) is 44.5. The van der Waals surface area contributed by atoms with Gasteiger partial charge in [-0.1, -0.05) is 20.8 Å². The van der Waals surface area contributed by atoms with Crippen LogP contribution in [0.25, 0.3) is 0 Å². The van der Waals surface area contributed by atoms with Crippen LogP contribution in [0.4, 0.5) is 0 Å². The maximum Gasteiger partial charge on any atom is 1.00 e. The van der Waals surface area contributed by atoms with Crippen molar-refractivity contribution in [2.45, 2.75) is 97.2 Å². The summed E-state index contributed by atoms with van der Waals surface area (Å²) in [6.45, 7) is 6.71. The van der Waals surface area contributed by atoms with Gasteiger partial charge in [-0.05, 0) is 116 Å². The Labute approximate surface area is 233 Å². The Bertz CT molecular complexity index is 883. The van der Waals surface area contributed by atoms with Crippen molar-refractivity contribution in [2.75, 3.05) is 12.3 Å². The molecule has 9 heteroatoms. The number of fused-ring (bicyclic) bond motifs is 5. The molecule has 0 aromatic carbocycles. The first kappa shape index (κ1) is 29.9. The maximum atomic E-state index is 12.1. The Hall–Kier alpha value is 0.300. The molecular weight excluding hydrogens is 477 g/mol. The average Bonchev–Trinajstić information content (AvgIpc) is 3.11. The summed E-state index contributed by atoms with van der Waals surface area (Å²) in [5.74, 6) is 2.04. The first-order valence-corrected chi connectivity index (χ1v) is 15.0. The van der Waals surface area contributed by atoms with Gasteiger partial charge in [-0.3, -0.25) is 4.55 Å². The number of aliphatic hydroxyl groups is 2. The molecule has 0 aliphatic heterocycles. The van der Waals surface area contributed by atoms with Crippen LogP contribution in [0.15, 0.2) is 4.99 Å². The quantitative estimate of drug-likeness (QED) is 0.188. The average molecular weight is 522 g/mol. The van der Waals surface area contributed by atoms with Crippen LogP contribution >= 0.6 is 0 Å². The second kappa shape index (κ2) is 11.2. The number of rotatable bonds is 7. The van der Waals surface area contributed by atoms with Gasteiger partial charge in [-0.15, -0.1) is 0 Å². The monoisotopic (exact) mass is 521 g/mol. The molecule has 0 aromatic rings. The Morgan fingerprint density at radius 2 is 1.80 bits per heavy atom. The standard InChI is InChI=1S/C26H45NO6S.Na/c1-16(4-9-24(30)27-12-13-34(31,32)33)20-7-8-21-19-6-5-17-14-18(28)10-11-25(17,2)22(19)15-23(29)26(20,21)3;/h16-23,28-29H,4-15H2,1-3H3,(H,27,30)(H,31,32,33);/q;+1/p-1/t16-,17?,18-,19?,20-,21?,22?,23+,25+,26-;/m1./s1. The van der Waals surface area contributed by atoms with Crippen molar-refractivity contribution in [2.24, 2.45) is 51.3 Å². The predicted octanol–water partition coefficient (Wildman–Crippen LogP) is 0.0439. The van der Waals surface area contributed by atoms with Crippen LogP contribution in [0.2, 0.25) is 0 Å². The molecule has 7 nitrogen and oxygen atoms in total. The summed E-state index contributed by atoms with van der Waals surface area (Å²) in [5, 5.41) is 34.0. The Kier molecular flexibility index (Phi) is 9.54. The molecule has 0 amide bonds. The van der Waals surface area contributed by atoms with E-state index in [0.29, 0.717) is 36.0 Å². The fraction of sp³-hybridized carbons (Fsp3) is 0.962. The molecule has 0 heterocycles. The van der Waals surface area contributed by atoms with Crippen LogP contribution in [0.3, 0.4) is 0 Å². The van der Waals surface area contributed by atoms with Crippen LogP contribution in [0.1, 0.15) is 85.0 Å². The van der Waals surface area contributed by atoms with Crippen molar-refractivity contribution in [3.8, 4) is 0 Å². The van der Waals surface area contributed by atoms with Crippen LogP contribution < -0.4 is 34.7 Å². The Morgan fingerprint density at radius 3 is 2.49 bits per heavy atom. The van der Waals surface area contributed by atoms with Gasteiger partial charge in [-0.25, -0.2) is 0 Å². The Balaban J connectivity index is 0.00000342. The van der Waals surface area contributed by atoms with E-state index in [9.17, 15) is 23.7 Å². The summed E-state index contributed by atoms with van der Waals surface area (Å²) in [4.78, 5) is 3.78. The van der Waals surface area contributed by atoms with Crippen molar-refractivity contribution >= 4 is 16.0 Å². The number of hydrogen-bond donors (Lipinski definition) is 3. The summed E-state index contributed by atoms with van der Waals surface area (Å²) in [5.41, 5.74) is 0.0905. The van der Waals surface area contributed by atoms with Gasteiger partial charge in [0.25, 0.3) is 10.1 Å². The van der Waals surface area contributed by atoms with Gasteiger partial charge < -0.3 is 20.3 Å². The first-order valence-electron chi connectivity index (χ1n) is 13.4. The second-order valence-corrected chi connectivity index (χ2v) is 14.0. The number of hydrogen-bond acceptors (Lipinski definition) is 6. The third-order valence-corrected chi connectivity index (χ3v) is 11.7. The van der Waals surface area contributed by atoms with E-state index in [1.54, 1.807) is 0 Å². The fourth-order valence-electron chi connectivity index (χ4n) is 9.08. The molecule has 196 valence electrons. The molecule has 0 spiro atoms. The van der Waals surface area contributed by atoms with Crippen molar-refractivity contribution < 1.29 is 57.8 Å². The summed E-state index contributed by atoms with van der Waals surface area (Å²) in [7, 11) is -4.10. The van der Waals surface area contributed by atoms with Gasteiger partial charge in [-0.2, -0.15) is 8.42 Å². The van der Waals surface area contributed by atoms with E-state index in [1.807, 2.05) is 0 Å². The minimum atomic E-state index is -4.10. The molecule has 10 atom stereocenters. The SMILES string of the molecule is C[C@H](CCC([O-])=NCCS(=O)(=O)O)[C@H]1CCC2C3CCC4C[C@H](O)CC[C@]4(C)C3C[C@H](O)[C@@]21C.[Na+]. The van der Waals surface area contributed by atoms with Crippen LogP contribution in [0.5, 0.6) is 0 Å². The van der Waals surface area contributed by atoms with E-state index in [4.69, 9.17) is 4.55 Å².